The van der Waals surface area contributed by atoms with Crippen LogP contribution in [0.25, 0.3) is 0 Å². The van der Waals surface area contributed by atoms with Gasteiger partial charge in [0.1, 0.15) is 5.75 Å². The molecular weight excluding hydrogens is 398 g/mol. The maximum atomic E-state index is 13.6. The first-order chi connectivity index (χ1) is 15.4. The zero-order valence-electron chi connectivity index (χ0n) is 19.9. The lowest BCUT2D eigenvalue weighted by atomic mass is 9.87. The number of carbonyl (C=O) groups is 1. The molecule has 0 bridgehead atoms. The number of ether oxygens (including phenoxy) is 1. The van der Waals surface area contributed by atoms with Gasteiger partial charge in [0.2, 0.25) is 5.91 Å². The molecule has 2 fully saturated rings. The van der Waals surface area contributed by atoms with Gasteiger partial charge < -0.3 is 19.9 Å². The van der Waals surface area contributed by atoms with Gasteiger partial charge in [0.25, 0.3) is 0 Å². The van der Waals surface area contributed by atoms with Crippen LogP contribution in [0.3, 0.4) is 0 Å². The molecule has 0 aromatic heterocycles. The molecule has 1 aliphatic carbocycles. The Hall–Kier alpha value is -2.37. The van der Waals surface area contributed by atoms with E-state index in [4.69, 9.17) is 4.74 Å². The van der Waals surface area contributed by atoms with E-state index >= 15 is 0 Å². The number of amides is 1. The molecule has 1 saturated heterocycles. The molecule has 3 atom stereocenters. The predicted octanol–water partition coefficient (Wildman–Crippen LogP) is 3.74. The maximum absolute atomic E-state index is 13.6. The fraction of sp³-hybridized carbons (Fsp3) is 0.519. The minimum absolute atomic E-state index is 0.0311. The van der Waals surface area contributed by atoms with E-state index in [2.05, 4.69) is 66.3 Å². The largest absolute Gasteiger partial charge is 0.497 e. The minimum Gasteiger partial charge on any atom is -0.497 e. The summed E-state index contributed by atoms with van der Waals surface area (Å²) in [6, 6.07) is 15.4. The second-order valence-electron chi connectivity index (χ2n) is 9.66. The van der Waals surface area contributed by atoms with Crippen LogP contribution in [-0.4, -0.2) is 62.1 Å². The van der Waals surface area contributed by atoms with Gasteiger partial charge in [-0.05, 0) is 62.9 Å². The van der Waals surface area contributed by atoms with Gasteiger partial charge in [-0.1, -0.05) is 41.5 Å². The number of carbonyl (C=O) groups excluding carboxylic acids is 1. The molecule has 2 aliphatic rings. The van der Waals surface area contributed by atoms with E-state index in [0.717, 1.165) is 51.3 Å². The van der Waals surface area contributed by atoms with Crippen LogP contribution in [0.15, 0.2) is 42.5 Å². The molecule has 4 rings (SSSR count). The average Bonchev–Trinajstić information content (AvgIpc) is 3.21. The van der Waals surface area contributed by atoms with Gasteiger partial charge >= 0.3 is 0 Å². The van der Waals surface area contributed by atoms with E-state index in [0.29, 0.717) is 11.9 Å². The number of hydrogen-bond donors (Lipinski definition) is 1. The lowest BCUT2D eigenvalue weighted by Gasteiger charge is -2.35. The predicted molar refractivity (Wildman–Crippen MR) is 129 cm³/mol. The van der Waals surface area contributed by atoms with Crippen LogP contribution in [0.1, 0.15) is 41.0 Å². The molecule has 2 aromatic rings. The van der Waals surface area contributed by atoms with Crippen LogP contribution in [-0.2, 0) is 11.3 Å². The van der Waals surface area contributed by atoms with Crippen molar-refractivity contribution in [1.82, 2.24) is 15.1 Å². The van der Waals surface area contributed by atoms with Gasteiger partial charge in [-0.3, -0.25) is 4.79 Å². The lowest BCUT2D eigenvalue weighted by Crippen LogP contribution is -2.49. The number of nitrogens with zero attached hydrogens (tertiary/aromatic N) is 2. The van der Waals surface area contributed by atoms with E-state index in [1.165, 1.54) is 22.3 Å². The maximum Gasteiger partial charge on any atom is 0.226 e. The highest BCUT2D eigenvalue weighted by atomic mass is 16.5. The molecule has 2 aromatic carbocycles. The Bertz CT molecular complexity index is 899. The summed E-state index contributed by atoms with van der Waals surface area (Å²) in [7, 11) is 3.82. The number of hydrogen-bond acceptors (Lipinski definition) is 4. The van der Waals surface area contributed by atoms with Crippen molar-refractivity contribution in [2.24, 2.45) is 5.92 Å². The van der Waals surface area contributed by atoms with Crippen molar-refractivity contribution in [2.75, 3.05) is 40.3 Å². The third-order valence-electron chi connectivity index (χ3n) is 7.12. The zero-order valence-corrected chi connectivity index (χ0v) is 19.9. The Labute approximate surface area is 192 Å². The molecule has 172 valence electrons. The lowest BCUT2D eigenvalue weighted by molar-refractivity contribution is -0.137. The molecule has 0 spiro atoms. The first-order valence-corrected chi connectivity index (χ1v) is 11.8. The Kier molecular flexibility index (Phi) is 7.17. The van der Waals surface area contributed by atoms with E-state index in [9.17, 15) is 4.79 Å². The van der Waals surface area contributed by atoms with Crippen LogP contribution in [0.5, 0.6) is 5.75 Å². The number of rotatable bonds is 6. The summed E-state index contributed by atoms with van der Waals surface area (Å²) >= 11 is 0. The summed E-state index contributed by atoms with van der Waals surface area (Å²) in [6.07, 6.45) is 1.88. The standard InChI is InChI=1S/C27H37N3O2/c1-19-13-20(2)15-21(14-19)18-28-23-16-25(22-5-7-24(32-4)8-6-22)26(17-23)27(31)30-11-9-29(3)10-12-30/h5-8,13-15,23,25-26,28H,9-12,16-18H2,1-4H3/t23-,25+,26-/m0/s1. The molecule has 5 heteroatoms. The Morgan fingerprint density at radius 3 is 2.28 bits per heavy atom. The van der Waals surface area contributed by atoms with Gasteiger partial charge in [-0.2, -0.15) is 0 Å². The molecule has 0 radical (unpaired) electrons. The quantitative estimate of drug-likeness (QED) is 0.751. The summed E-state index contributed by atoms with van der Waals surface area (Å²) in [5, 5.41) is 3.77. The van der Waals surface area contributed by atoms with Crippen molar-refractivity contribution >= 4 is 5.91 Å². The van der Waals surface area contributed by atoms with E-state index in [1.54, 1.807) is 7.11 Å². The summed E-state index contributed by atoms with van der Waals surface area (Å²) in [4.78, 5) is 18.0. The third kappa shape index (κ3) is 5.33. The van der Waals surface area contributed by atoms with E-state index in [-0.39, 0.29) is 11.8 Å². The number of methoxy groups -OCH3 is 1. The smallest absolute Gasteiger partial charge is 0.226 e. The average molecular weight is 436 g/mol. The summed E-state index contributed by atoms with van der Waals surface area (Å²) in [5.74, 6) is 1.46. The zero-order chi connectivity index (χ0) is 22.7. The number of aryl methyl sites for hydroxylation is 2. The summed E-state index contributed by atoms with van der Waals surface area (Å²) in [6.45, 7) is 8.73. The number of benzene rings is 2. The van der Waals surface area contributed by atoms with Crippen molar-refractivity contribution in [3.63, 3.8) is 0 Å². The molecule has 1 heterocycles. The highest BCUT2D eigenvalue weighted by Gasteiger charge is 2.41. The Balaban J connectivity index is 1.49. The summed E-state index contributed by atoms with van der Waals surface area (Å²) < 4.78 is 5.35. The molecular formula is C27H37N3O2. The fourth-order valence-corrected chi connectivity index (χ4v) is 5.39. The molecule has 1 N–H and O–H groups in total. The summed E-state index contributed by atoms with van der Waals surface area (Å²) in [5.41, 5.74) is 5.16. The van der Waals surface area contributed by atoms with Crippen molar-refractivity contribution in [1.29, 1.82) is 0 Å². The van der Waals surface area contributed by atoms with Crippen LogP contribution in [0.2, 0.25) is 0 Å². The van der Waals surface area contributed by atoms with Gasteiger partial charge in [-0.15, -0.1) is 0 Å². The molecule has 1 saturated carbocycles. The number of piperazine rings is 1. The van der Waals surface area contributed by atoms with Gasteiger partial charge in [0, 0.05) is 44.7 Å². The first kappa shape index (κ1) is 22.8. The fourth-order valence-electron chi connectivity index (χ4n) is 5.39. The molecule has 5 nitrogen and oxygen atoms in total. The van der Waals surface area contributed by atoms with Crippen molar-refractivity contribution in [3.8, 4) is 5.75 Å². The van der Waals surface area contributed by atoms with Gasteiger partial charge in [0.05, 0.1) is 7.11 Å². The molecule has 0 unspecified atom stereocenters. The Morgan fingerprint density at radius 2 is 1.66 bits per heavy atom. The minimum atomic E-state index is 0.0311. The van der Waals surface area contributed by atoms with Crippen LogP contribution in [0, 0.1) is 19.8 Å². The SMILES string of the molecule is COc1ccc([C@H]2C[C@H](NCc3cc(C)cc(C)c3)C[C@@H]2C(=O)N2CCN(C)CC2)cc1. The molecule has 1 amide bonds. The second kappa shape index (κ2) is 10.1. The topological polar surface area (TPSA) is 44.8 Å². The van der Waals surface area contributed by atoms with Crippen molar-refractivity contribution in [3.05, 3.63) is 64.7 Å². The van der Waals surface area contributed by atoms with Crippen LogP contribution >= 0.6 is 0 Å². The van der Waals surface area contributed by atoms with E-state index < -0.39 is 0 Å². The highest BCUT2D eigenvalue weighted by Crippen LogP contribution is 2.41. The van der Waals surface area contributed by atoms with Gasteiger partial charge in [0.15, 0.2) is 0 Å². The van der Waals surface area contributed by atoms with E-state index in [1.807, 2.05) is 12.1 Å². The first-order valence-electron chi connectivity index (χ1n) is 11.8. The van der Waals surface area contributed by atoms with Crippen LogP contribution < -0.4 is 10.1 Å². The van der Waals surface area contributed by atoms with Crippen molar-refractivity contribution < 1.29 is 9.53 Å². The molecule has 1 aliphatic heterocycles. The highest BCUT2D eigenvalue weighted by molar-refractivity contribution is 5.80. The second-order valence-corrected chi connectivity index (χ2v) is 9.66. The third-order valence-corrected chi connectivity index (χ3v) is 7.12. The molecule has 32 heavy (non-hydrogen) atoms. The van der Waals surface area contributed by atoms with Gasteiger partial charge in [-0.25, -0.2) is 0 Å². The van der Waals surface area contributed by atoms with Crippen molar-refractivity contribution in [2.45, 2.75) is 45.2 Å². The monoisotopic (exact) mass is 435 g/mol. The normalized spacial score (nSPS) is 24.0. The Morgan fingerprint density at radius 1 is 1.00 bits per heavy atom. The number of likely N-dealkylation sites (N-methyl/N-ethyl adjacent to an activating group) is 1. The van der Waals surface area contributed by atoms with Crippen LogP contribution in [0.4, 0.5) is 0 Å². The number of nitrogens with one attached hydrogen (secondary N) is 1.